The van der Waals surface area contributed by atoms with Crippen LogP contribution in [-0.2, 0) is 15.1 Å². The molecule has 7 nitrogen and oxygen atoms in total. The molecule has 1 saturated heterocycles. The highest BCUT2D eigenvalue weighted by Crippen LogP contribution is 2.57. The van der Waals surface area contributed by atoms with Crippen molar-refractivity contribution >= 4 is 23.3 Å². The van der Waals surface area contributed by atoms with Crippen molar-refractivity contribution in [2.45, 2.75) is 32.8 Å². The van der Waals surface area contributed by atoms with Crippen molar-refractivity contribution in [3.8, 4) is 0 Å². The Morgan fingerprint density at radius 1 is 1.11 bits per heavy atom. The molecule has 2 aromatic rings. The predicted molar refractivity (Wildman–Crippen MR) is 146 cm³/mol. The number of hydrogen-bond donors (Lipinski definition) is 1. The van der Waals surface area contributed by atoms with Crippen LogP contribution in [0.15, 0.2) is 82.8 Å². The van der Waals surface area contributed by atoms with E-state index in [9.17, 15) is 4.79 Å². The quantitative estimate of drug-likeness (QED) is 0.429. The lowest BCUT2D eigenvalue weighted by molar-refractivity contribution is -0.0671. The third kappa shape index (κ3) is 3.76. The fourth-order valence-electron chi connectivity index (χ4n) is 6.12. The zero-order valence-corrected chi connectivity index (χ0v) is 22.1. The molecule has 7 heteroatoms. The van der Waals surface area contributed by atoms with Gasteiger partial charge in [-0.3, -0.25) is 4.99 Å². The molecule has 1 N–H and O–H groups in total. The predicted octanol–water partition coefficient (Wildman–Crippen LogP) is 5.36. The summed E-state index contributed by atoms with van der Waals surface area (Å²) in [6, 6.07) is 17.8. The Morgan fingerprint density at radius 2 is 1.78 bits per heavy atom. The molecular formula is C30H34N4O3. The number of nitrogens with one attached hydrogen (secondary N) is 1. The first-order valence-corrected chi connectivity index (χ1v) is 12.9. The van der Waals surface area contributed by atoms with Gasteiger partial charge < -0.3 is 24.7 Å². The van der Waals surface area contributed by atoms with Crippen molar-refractivity contribution in [1.29, 1.82) is 5.41 Å². The van der Waals surface area contributed by atoms with Gasteiger partial charge in [-0.15, -0.1) is 0 Å². The molecule has 0 bridgehead atoms. The molecule has 3 atom stereocenters. The number of benzene rings is 2. The summed E-state index contributed by atoms with van der Waals surface area (Å²) in [5, 5.41) is 8.76. The van der Waals surface area contributed by atoms with Crippen LogP contribution in [0.2, 0.25) is 0 Å². The minimum atomic E-state index is -1.12. The van der Waals surface area contributed by atoms with Crippen LogP contribution in [0.3, 0.4) is 0 Å². The summed E-state index contributed by atoms with van der Waals surface area (Å²) >= 11 is 0. The first kappa shape index (κ1) is 24.8. The Labute approximate surface area is 218 Å². The van der Waals surface area contributed by atoms with Gasteiger partial charge in [0.1, 0.15) is 11.7 Å². The Balaban J connectivity index is 1.75. The fraction of sp³-hybridized carbons (Fsp3) is 0.367. The Kier molecular flexibility index (Phi) is 6.40. The zero-order chi connectivity index (χ0) is 26.3. The summed E-state index contributed by atoms with van der Waals surface area (Å²) in [7, 11) is 3.75. The highest BCUT2D eigenvalue weighted by Gasteiger charge is 2.63. The summed E-state index contributed by atoms with van der Waals surface area (Å²) in [5.41, 5.74) is 3.84. The van der Waals surface area contributed by atoms with Gasteiger partial charge in [-0.2, -0.15) is 0 Å². The van der Waals surface area contributed by atoms with Crippen LogP contribution < -0.4 is 4.90 Å². The molecule has 0 amide bonds. The monoisotopic (exact) mass is 498 g/mol. The van der Waals surface area contributed by atoms with Gasteiger partial charge in [0.15, 0.2) is 5.60 Å². The van der Waals surface area contributed by atoms with Gasteiger partial charge in [-0.05, 0) is 39.0 Å². The maximum atomic E-state index is 13.3. The molecule has 5 rings (SSSR count). The van der Waals surface area contributed by atoms with Gasteiger partial charge in [0, 0.05) is 62.3 Å². The molecular weight excluding hydrogens is 464 g/mol. The highest BCUT2D eigenvalue weighted by molar-refractivity contribution is 6.07. The van der Waals surface area contributed by atoms with Crippen LogP contribution in [0.1, 0.15) is 43.1 Å². The van der Waals surface area contributed by atoms with E-state index < -0.39 is 11.5 Å². The number of para-hydroxylation sites is 1. The van der Waals surface area contributed by atoms with Crippen LogP contribution in [0, 0.1) is 17.2 Å². The van der Waals surface area contributed by atoms with Gasteiger partial charge >= 0.3 is 5.97 Å². The van der Waals surface area contributed by atoms with Crippen molar-refractivity contribution < 1.29 is 14.3 Å². The lowest BCUT2D eigenvalue weighted by atomic mass is 9.65. The van der Waals surface area contributed by atoms with Gasteiger partial charge in [0.05, 0.1) is 17.2 Å². The zero-order valence-electron chi connectivity index (χ0n) is 22.1. The fourth-order valence-corrected chi connectivity index (χ4v) is 6.12. The maximum Gasteiger partial charge on any atom is 0.339 e. The van der Waals surface area contributed by atoms with E-state index in [2.05, 4.69) is 53.9 Å². The summed E-state index contributed by atoms with van der Waals surface area (Å²) in [5.74, 6) is -0.190. The second-order valence-electron chi connectivity index (χ2n) is 9.71. The summed E-state index contributed by atoms with van der Waals surface area (Å²) < 4.78 is 12.8. The van der Waals surface area contributed by atoms with Crippen LogP contribution in [-0.4, -0.2) is 49.7 Å². The van der Waals surface area contributed by atoms with Gasteiger partial charge in [0.2, 0.25) is 5.90 Å². The van der Waals surface area contributed by atoms with E-state index in [1.165, 1.54) is 0 Å². The number of likely N-dealkylation sites (N-methyl/N-ethyl adjacent to an activating group) is 1. The number of allylic oxidation sites excluding steroid dienone is 2. The van der Waals surface area contributed by atoms with Crippen LogP contribution in [0.25, 0.3) is 0 Å². The Hall–Kier alpha value is -3.87. The molecule has 1 spiro atoms. The van der Waals surface area contributed by atoms with E-state index in [-0.39, 0.29) is 11.9 Å². The third-order valence-corrected chi connectivity index (χ3v) is 7.87. The van der Waals surface area contributed by atoms with E-state index in [1.54, 1.807) is 20.0 Å². The SMILES string of the molecule is CCN(CC)C1=C(N(C)c2ccccc2)CC2C(=C1)OC(=NC)C(C(C)=N)C21OC(=O)c2ccccc21. The molecule has 192 valence electrons. The number of carbonyl (C=O) groups excluding carboxylic acids is 1. The van der Waals surface area contributed by atoms with Crippen molar-refractivity contribution in [3.05, 3.63) is 89.0 Å². The highest BCUT2D eigenvalue weighted by atomic mass is 16.6. The van der Waals surface area contributed by atoms with Gasteiger partial charge in [-0.25, -0.2) is 4.79 Å². The van der Waals surface area contributed by atoms with Gasteiger partial charge in [-0.1, -0.05) is 36.4 Å². The number of anilines is 1. The van der Waals surface area contributed by atoms with Crippen LogP contribution in [0.4, 0.5) is 5.69 Å². The number of esters is 1. The largest absolute Gasteiger partial charge is 0.448 e. The average molecular weight is 499 g/mol. The molecule has 2 aliphatic heterocycles. The lowest BCUT2D eigenvalue weighted by Gasteiger charge is -2.49. The molecule has 3 unspecified atom stereocenters. The molecule has 0 radical (unpaired) electrons. The number of nitrogens with zero attached hydrogens (tertiary/aromatic N) is 3. The molecule has 0 aromatic heterocycles. The van der Waals surface area contributed by atoms with E-state index in [0.29, 0.717) is 23.6 Å². The standard InChI is InChI=1S/C30H34N4O3/c1-6-34(7-2)25-18-26-23(17-24(25)33(5)20-13-9-8-10-14-20)30(27(19(3)31)28(32-4)36-26)22-16-12-11-15-21(22)29(35)37-30/h8-16,18,23,27,31H,6-7,17H2,1-5H3. The molecule has 1 aliphatic carbocycles. The number of aliphatic imine (C=N–C) groups is 1. The number of ether oxygens (including phenoxy) is 2. The molecule has 2 aromatic carbocycles. The van der Waals surface area contributed by atoms with E-state index in [0.717, 1.165) is 41.5 Å². The van der Waals surface area contributed by atoms with E-state index in [4.69, 9.17) is 14.9 Å². The van der Waals surface area contributed by atoms with Crippen molar-refractivity contribution in [1.82, 2.24) is 4.90 Å². The van der Waals surface area contributed by atoms with Crippen molar-refractivity contribution in [2.24, 2.45) is 16.8 Å². The molecule has 1 fully saturated rings. The molecule has 0 saturated carbocycles. The minimum Gasteiger partial charge on any atom is -0.448 e. The third-order valence-electron chi connectivity index (χ3n) is 7.87. The molecule has 37 heavy (non-hydrogen) atoms. The van der Waals surface area contributed by atoms with Crippen molar-refractivity contribution in [2.75, 3.05) is 32.1 Å². The Bertz CT molecular complexity index is 1330. The number of carbonyl (C=O) groups is 1. The first-order valence-electron chi connectivity index (χ1n) is 12.9. The summed E-state index contributed by atoms with van der Waals surface area (Å²) in [6.45, 7) is 7.71. The second kappa shape index (κ2) is 9.54. The molecule has 3 aliphatic rings. The average Bonchev–Trinajstić information content (AvgIpc) is 3.21. The second-order valence-corrected chi connectivity index (χ2v) is 9.71. The Morgan fingerprint density at radius 3 is 2.43 bits per heavy atom. The van der Waals surface area contributed by atoms with Gasteiger partial charge in [0.25, 0.3) is 0 Å². The first-order chi connectivity index (χ1) is 17.9. The number of hydrogen-bond acceptors (Lipinski definition) is 7. The lowest BCUT2D eigenvalue weighted by Crippen LogP contribution is -2.55. The van der Waals surface area contributed by atoms with E-state index in [1.807, 2.05) is 36.4 Å². The maximum absolute atomic E-state index is 13.3. The molecule has 2 heterocycles. The van der Waals surface area contributed by atoms with Crippen LogP contribution >= 0.6 is 0 Å². The smallest absolute Gasteiger partial charge is 0.339 e. The normalized spacial score (nSPS) is 25.3. The van der Waals surface area contributed by atoms with Crippen molar-refractivity contribution in [3.63, 3.8) is 0 Å². The summed E-state index contributed by atoms with van der Waals surface area (Å²) in [6.07, 6.45) is 2.67. The number of rotatable bonds is 6. The topological polar surface area (TPSA) is 78.2 Å². The van der Waals surface area contributed by atoms with E-state index >= 15 is 0 Å². The summed E-state index contributed by atoms with van der Waals surface area (Å²) in [4.78, 5) is 22.2. The number of fused-ring (bicyclic) bond motifs is 4. The van der Waals surface area contributed by atoms with Crippen LogP contribution in [0.5, 0.6) is 0 Å². The minimum absolute atomic E-state index is 0.323.